The Morgan fingerprint density at radius 3 is 2.68 bits per heavy atom. The number of carbonyl (C=O) groups excluding carboxylic acids is 1. The summed E-state index contributed by atoms with van der Waals surface area (Å²) in [6.07, 6.45) is 1.23. The van der Waals surface area contributed by atoms with E-state index in [9.17, 15) is 4.79 Å². The molecule has 0 aromatic heterocycles. The number of amides is 1. The topological polar surface area (TPSA) is 60.0 Å². The van der Waals surface area contributed by atoms with E-state index in [1.54, 1.807) is 7.11 Å². The van der Waals surface area contributed by atoms with Gasteiger partial charge in [0.25, 0.3) is 0 Å². The average Bonchev–Trinajstić information content (AvgIpc) is 2.57. The molecule has 0 aliphatic carbocycles. The van der Waals surface area contributed by atoms with Crippen molar-refractivity contribution in [3.63, 3.8) is 0 Å². The molecule has 0 saturated carbocycles. The third-order valence-corrected chi connectivity index (χ3v) is 4.07. The van der Waals surface area contributed by atoms with Crippen LogP contribution in [-0.4, -0.2) is 56.4 Å². The molecule has 0 radical (unpaired) electrons. The average molecular weight is 350 g/mol. The molecule has 1 aromatic carbocycles. The van der Waals surface area contributed by atoms with Gasteiger partial charge in [-0.15, -0.1) is 0 Å². The summed E-state index contributed by atoms with van der Waals surface area (Å²) in [4.78, 5) is 14.4. The van der Waals surface area contributed by atoms with Crippen LogP contribution in [0, 0.1) is 0 Å². The number of methoxy groups -OCH3 is 1. The lowest BCUT2D eigenvalue weighted by Crippen LogP contribution is -2.49. The molecule has 0 spiro atoms. The number of ether oxygens (including phenoxy) is 3. The lowest BCUT2D eigenvalue weighted by Gasteiger charge is -2.34. The van der Waals surface area contributed by atoms with E-state index in [2.05, 4.69) is 17.1 Å². The van der Waals surface area contributed by atoms with Crippen LogP contribution in [0.25, 0.3) is 0 Å². The zero-order valence-corrected chi connectivity index (χ0v) is 15.7. The fourth-order valence-electron chi connectivity index (χ4n) is 3.10. The van der Waals surface area contributed by atoms with Crippen molar-refractivity contribution in [2.45, 2.75) is 45.9 Å². The van der Waals surface area contributed by atoms with E-state index < -0.39 is 0 Å². The van der Waals surface area contributed by atoms with Crippen LogP contribution in [0.2, 0.25) is 0 Å². The Morgan fingerprint density at radius 2 is 2.04 bits per heavy atom. The first-order valence-corrected chi connectivity index (χ1v) is 8.96. The van der Waals surface area contributed by atoms with E-state index in [1.807, 2.05) is 32.0 Å². The van der Waals surface area contributed by atoms with E-state index in [0.29, 0.717) is 31.2 Å². The highest BCUT2D eigenvalue weighted by Crippen LogP contribution is 2.31. The van der Waals surface area contributed by atoms with Gasteiger partial charge in [0.15, 0.2) is 11.5 Å². The molecule has 6 heteroatoms. The van der Waals surface area contributed by atoms with Gasteiger partial charge in [-0.3, -0.25) is 9.69 Å². The van der Waals surface area contributed by atoms with Crippen LogP contribution < -0.4 is 14.8 Å². The number of nitrogens with zero attached hydrogens (tertiary/aromatic N) is 1. The fourth-order valence-corrected chi connectivity index (χ4v) is 3.10. The smallest absolute Gasteiger partial charge is 0.234 e. The number of carbonyl (C=O) groups is 1. The maximum absolute atomic E-state index is 12.3. The predicted octanol–water partition coefficient (Wildman–Crippen LogP) is 2.21. The maximum Gasteiger partial charge on any atom is 0.234 e. The summed E-state index contributed by atoms with van der Waals surface area (Å²) in [5.41, 5.74) is 0.921. The van der Waals surface area contributed by atoms with Crippen molar-refractivity contribution in [2.75, 3.05) is 33.4 Å². The lowest BCUT2D eigenvalue weighted by atomic mass is 10.1. The molecule has 1 fully saturated rings. The molecule has 2 atom stereocenters. The molecule has 2 rings (SSSR count). The van der Waals surface area contributed by atoms with E-state index in [-0.39, 0.29) is 18.1 Å². The van der Waals surface area contributed by atoms with Gasteiger partial charge in [0.05, 0.1) is 32.5 Å². The molecule has 1 aliphatic rings. The highest BCUT2D eigenvalue weighted by Gasteiger charge is 2.23. The van der Waals surface area contributed by atoms with E-state index >= 15 is 0 Å². The highest BCUT2D eigenvalue weighted by molar-refractivity contribution is 5.78. The molecule has 1 heterocycles. The molecule has 1 N–H and O–H groups in total. The molecular weight excluding hydrogens is 320 g/mol. The zero-order valence-electron chi connectivity index (χ0n) is 15.7. The predicted molar refractivity (Wildman–Crippen MR) is 97.1 cm³/mol. The first-order valence-electron chi connectivity index (χ1n) is 8.96. The Balaban J connectivity index is 1.92. The van der Waals surface area contributed by atoms with Gasteiger partial charge in [-0.05, 0) is 26.3 Å². The monoisotopic (exact) mass is 350 g/mol. The van der Waals surface area contributed by atoms with Crippen LogP contribution in [0.5, 0.6) is 11.5 Å². The fraction of sp³-hybridized carbons (Fsp3) is 0.632. The standard InChI is InChI=1S/C19H30N2O4/c1-5-9-24-19-16(7-6-8-17(19)23-4)10-20-18(22)13-21-11-14(2)25-15(3)12-21/h6-8,14-15H,5,9-13H2,1-4H3,(H,20,22)/t14-,15+. The second kappa shape index (κ2) is 9.63. The van der Waals surface area contributed by atoms with E-state index in [4.69, 9.17) is 14.2 Å². The molecule has 1 aromatic rings. The number of para-hydroxylation sites is 1. The molecule has 1 aliphatic heterocycles. The summed E-state index contributed by atoms with van der Waals surface area (Å²) in [5.74, 6) is 1.40. The normalized spacial score (nSPS) is 21.0. The van der Waals surface area contributed by atoms with Crippen molar-refractivity contribution in [3.8, 4) is 11.5 Å². The van der Waals surface area contributed by atoms with Gasteiger partial charge in [-0.2, -0.15) is 0 Å². The van der Waals surface area contributed by atoms with Crippen LogP contribution in [-0.2, 0) is 16.1 Å². The summed E-state index contributed by atoms with van der Waals surface area (Å²) in [6, 6.07) is 5.73. The zero-order chi connectivity index (χ0) is 18.2. The van der Waals surface area contributed by atoms with Crippen molar-refractivity contribution in [2.24, 2.45) is 0 Å². The Hall–Kier alpha value is -1.79. The van der Waals surface area contributed by atoms with Crippen LogP contribution in [0.15, 0.2) is 18.2 Å². The molecule has 0 bridgehead atoms. The van der Waals surface area contributed by atoms with Gasteiger partial charge in [-0.25, -0.2) is 0 Å². The SMILES string of the molecule is CCCOc1c(CNC(=O)CN2C[C@@H](C)O[C@@H](C)C2)cccc1OC. The Labute approximate surface area is 150 Å². The summed E-state index contributed by atoms with van der Waals surface area (Å²) in [7, 11) is 1.62. The number of nitrogens with one attached hydrogen (secondary N) is 1. The molecular formula is C19H30N2O4. The van der Waals surface area contributed by atoms with E-state index in [0.717, 1.165) is 25.1 Å². The highest BCUT2D eigenvalue weighted by atomic mass is 16.5. The quantitative estimate of drug-likeness (QED) is 0.779. The van der Waals surface area contributed by atoms with Gasteiger partial charge in [-0.1, -0.05) is 19.1 Å². The number of morpholine rings is 1. The van der Waals surface area contributed by atoms with Crippen molar-refractivity contribution in [3.05, 3.63) is 23.8 Å². The minimum atomic E-state index is 0.00515. The van der Waals surface area contributed by atoms with Gasteiger partial charge in [0.2, 0.25) is 5.91 Å². The first kappa shape index (κ1) is 19.5. The summed E-state index contributed by atoms with van der Waals surface area (Å²) in [6.45, 7) is 9.11. The second-order valence-corrected chi connectivity index (χ2v) is 6.53. The number of rotatable bonds is 8. The Morgan fingerprint density at radius 1 is 1.32 bits per heavy atom. The largest absolute Gasteiger partial charge is 0.493 e. The van der Waals surface area contributed by atoms with E-state index in [1.165, 1.54) is 0 Å². The lowest BCUT2D eigenvalue weighted by molar-refractivity contribution is -0.126. The second-order valence-electron chi connectivity index (χ2n) is 6.53. The summed E-state index contributed by atoms with van der Waals surface area (Å²) < 4.78 is 16.9. The number of hydrogen-bond donors (Lipinski definition) is 1. The Bertz CT molecular complexity index is 554. The first-order chi connectivity index (χ1) is 12.0. The number of benzene rings is 1. The van der Waals surface area contributed by atoms with Gasteiger partial charge in [0.1, 0.15) is 0 Å². The summed E-state index contributed by atoms with van der Waals surface area (Å²) in [5, 5.41) is 2.99. The molecule has 6 nitrogen and oxygen atoms in total. The summed E-state index contributed by atoms with van der Waals surface area (Å²) >= 11 is 0. The van der Waals surface area contributed by atoms with Gasteiger partial charge >= 0.3 is 0 Å². The van der Waals surface area contributed by atoms with Crippen LogP contribution in [0.3, 0.4) is 0 Å². The Kier molecular flexibility index (Phi) is 7.52. The number of hydrogen-bond acceptors (Lipinski definition) is 5. The maximum atomic E-state index is 12.3. The molecule has 0 unspecified atom stereocenters. The van der Waals surface area contributed by atoms with Crippen molar-refractivity contribution in [1.29, 1.82) is 0 Å². The van der Waals surface area contributed by atoms with Crippen molar-refractivity contribution < 1.29 is 19.0 Å². The molecule has 1 saturated heterocycles. The van der Waals surface area contributed by atoms with Crippen molar-refractivity contribution in [1.82, 2.24) is 10.2 Å². The third-order valence-electron chi connectivity index (χ3n) is 4.07. The van der Waals surface area contributed by atoms with Crippen LogP contribution in [0.4, 0.5) is 0 Å². The molecule has 140 valence electrons. The van der Waals surface area contributed by atoms with Crippen LogP contribution >= 0.6 is 0 Å². The minimum Gasteiger partial charge on any atom is -0.493 e. The van der Waals surface area contributed by atoms with Crippen LogP contribution in [0.1, 0.15) is 32.8 Å². The van der Waals surface area contributed by atoms with Crippen molar-refractivity contribution >= 4 is 5.91 Å². The minimum absolute atomic E-state index is 0.00515. The van der Waals surface area contributed by atoms with Gasteiger partial charge in [0, 0.05) is 25.2 Å². The molecule has 25 heavy (non-hydrogen) atoms. The molecule has 1 amide bonds. The van der Waals surface area contributed by atoms with Gasteiger partial charge < -0.3 is 19.5 Å². The third kappa shape index (κ3) is 5.90.